The van der Waals surface area contributed by atoms with Crippen molar-refractivity contribution in [3.63, 3.8) is 0 Å². The van der Waals surface area contributed by atoms with E-state index in [1.807, 2.05) is 36.4 Å². The number of nitrogens with zero attached hydrogens (tertiary/aromatic N) is 2. The zero-order chi connectivity index (χ0) is 52.1. The van der Waals surface area contributed by atoms with Gasteiger partial charge in [0.05, 0.1) is 24.2 Å². The molecule has 74 heavy (non-hydrogen) atoms. The van der Waals surface area contributed by atoms with E-state index in [2.05, 4.69) is 43.7 Å². The number of hydrogen-bond donors (Lipinski definition) is 6. The van der Waals surface area contributed by atoms with E-state index in [1.54, 1.807) is 37.7 Å². The van der Waals surface area contributed by atoms with Crippen molar-refractivity contribution >= 4 is 35.4 Å². The van der Waals surface area contributed by atoms with Crippen LogP contribution in [0.1, 0.15) is 164 Å². The van der Waals surface area contributed by atoms with Crippen LogP contribution >= 0.6 is 0 Å². The second-order valence-electron chi connectivity index (χ2n) is 21.7. The van der Waals surface area contributed by atoms with Crippen molar-refractivity contribution in [2.24, 2.45) is 11.8 Å². The summed E-state index contributed by atoms with van der Waals surface area (Å²) in [5.41, 5.74) is 4.14. The van der Waals surface area contributed by atoms with Crippen LogP contribution in [0.4, 0.5) is 0 Å². The summed E-state index contributed by atoms with van der Waals surface area (Å²) in [6.07, 6.45) is 17.5. The zero-order valence-corrected chi connectivity index (χ0v) is 44.4. The number of carbonyl (C=O) groups is 6. The Morgan fingerprint density at radius 3 is 1.34 bits per heavy atom. The van der Waals surface area contributed by atoms with Crippen molar-refractivity contribution in [3.8, 4) is 23.3 Å². The lowest BCUT2D eigenvalue weighted by molar-refractivity contribution is -0.143. The van der Waals surface area contributed by atoms with E-state index in [0.29, 0.717) is 25.9 Å². The fourth-order valence-corrected chi connectivity index (χ4v) is 12.5. The Balaban J connectivity index is 0.844. The number of likely N-dealkylation sites (tertiary alicyclic amines) is 2. The topological polar surface area (TPSA) is 200 Å². The molecule has 2 saturated carbocycles. The molecule has 2 aromatic carbocycles. The number of hydrogen-bond acceptors (Lipinski definition) is 10. The van der Waals surface area contributed by atoms with Crippen LogP contribution in [0.15, 0.2) is 36.4 Å². The fraction of sp³-hybridized carbons (Fsp3) is 0.655. The van der Waals surface area contributed by atoms with Crippen molar-refractivity contribution in [2.75, 3.05) is 40.4 Å². The second kappa shape index (κ2) is 26.2. The first-order chi connectivity index (χ1) is 36.0. The predicted molar refractivity (Wildman–Crippen MR) is 283 cm³/mol. The van der Waals surface area contributed by atoms with E-state index in [9.17, 15) is 28.8 Å². The molecule has 6 N–H and O–H groups in total. The molecule has 0 aromatic heterocycles. The van der Waals surface area contributed by atoms with Gasteiger partial charge < -0.3 is 51.2 Å². The van der Waals surface area contributed by atoms with Gasteiger partial charge in [0.25, 0.3) is 0 Å². The van der Waals surface area contributed by atoms with E-state index < -0.39 is 36.3 Å². The maximum absolute atomic E-state index is 14.3. The highest BCUT2D eigenvalue weighted by Crippen LogP contribution is 2.38. The summed E-state index contributed by atoms with van der Waals surface area (Å²) in [5, 5.41) is 18.7. The van der Waals surface area contributed by atoms with Crippen LogP contribution in [0.3, 0.4) is 0 Å². The molecule has 8 rings (SSSR count). The van der Waals surface area contributed by atoms with Gasteiger partial charge in [-0.2, -0.15) is 0 Å². The number of nitrogens with one attached hydrogen (secondary N) is 6. The molecule has 2 saturated heterocycles. The highest BCUT2D eigenvalue weighted by Gasteiger charge is 2.44. The minimum absolute atomic E-state index is 0.0523. The van der Waals surface area contributed by atoms with Crippen molar-refractivity contribution in [2.45, 2.75) is 191 Å². The summed E-state index contributed by atoms with van der Waals surface area (Å²) in [5.74, 6) is 6.79. The number of carbonyl (C=O) groups excluding carboxylic acids is 6. The van der Waals surface area contributed by atoms with Crippen molar-refractivity contribution < 1.29 is 38.2 Å². The molecule has 402 valence electrons. The number of benzene rings is 2. The number of fused-ring (bicyclic) bond motifs is 2. The van der Waals surface area contributed by atoms with Crippen LogP contribution in [0.5, 0.6) is 11.5 Å². The van der Waals surface area contributed by atoms with Gasteiger partial charge >= 0.3 is 0 Å². The molecular formula is C58H82N8O8. The van der Waals surface area contributed by atoms with Gasteiger partial charge in [-0.1, -0.05) is 74.6 Å². The fourth-order valence-electron chi connectivity index (χ4n) is 12.5. The average Bonchev–Trinajstić information content (AvgIpc) is 4.14. The molecule has 0 bridgehead atoms. The molecular weight excluding hydrogens is 937 g/mol. The van der Waals surface area contributed by atoms with Gasteiger partial charge in [0.15, 0.2) is 0 Å². The van der Waals surface area contributed by atoms with Crippen molar-refractivity contribution in [1.29, 1.82) is 0 Å². The average molecular weight is 1020 g/mol. The van der Waals surface area contributed by atoms with E-state index in [-0.39, 0.29) is 72.6 Å². The SMILES string of the molecule is CN[C@@H](C)C(=O)NC(C(=O)N1CCC[C@H]1C(=O)N[C@@H]1CCCc2c(OCC#CCOc3cccc4c3CCC[C@H]4NC(=O)[C@@H]3CCCN3C(=O)[C@@H](NC(=O)[C@H](C)NC)C3CCCCC3)cccc21)C1CCCCC1. The third kappa shape index (κ3) is 13.0. The van der Waals surface area contributed by atoms with Gasteiger partial charge in [-0.15, -0.1) is 0 Å². The highest BCUT2D eigenvalue weighted by atomic mass is 16.5. The first-order valence-electron chi connectivity index (χ1n) is 28.1. The second-order valence-corrected chi connectivity index (χ2v) is 21.7. The van der Waals surface area contributed by atoms with Crippen molar-refractivity contribution in [1.82, 2.24) is 41.7 Å². The Bertz CT molecular complexity index is 2210. The third-order valence-electron chi connectivity index (χ3n) is 17.0. The summed E-state index contributed by atoms with van der Waals surface area (Å²) in [7, 11) is 3.46. The summed E-state index contributed by atoms with van der Waals surface area (Å²) < 4.78 is 12.5. The Hall–Kier alpha value is -5.66. The standard InChI is InChI=1S/C58H82N8O8/c1-37(59-3)53(67)63-51(39-19-7-5-8-20-39)57(71)65-33-17-29-47(65)55(69)61-45-27-13-25-43-41(45)23-15-31-49(43)73-35-11-12-36-74-50-32-16-24-42-44(50)26-14-28-46(42)62-56(70)48-30-18-34-66(48)58(72)52(40-21-9-6-10-22-40)64-54(68)38(2)60-4/h15-16,23-24,31-32,37-40,45-48,51-52,59-60H,5-10,13-14,17-22,25-30,33-36H2,1-4H3,(H,61,69)(H,62,70)(H,63,67)(H,64,68)/t37-,38-,45+,46+,47-,48-,51-,52?/m0/s1. The van der Waals surface area contributed by atoms with Crippen LogP contribution in [0, 0.1) is 23.7 Å². The molecule has 1 unspecified atom stereocenters. The largest absolute Gasteiger partial charge is 0.481 e. The van der Waals surface area contributed by atoms with Crippen LogP contribution in [-0.2, 0) is 41.6 Å². The van der Waals surface area contributed by atoms with E-state index in [1.165, 1.54) is 0 Å². The van der Waals surface area contributed by atoms with Gasteiger partial charge in [0.1, 0.15) is 48.9 Å². The summed E-state index contributed by atoms with van der Waals surface area (Å²) in [6.45, 7) is 4.87. The van der Waals surface area contributed by atoms with E-state index in [0.717, 1.165) is 149 Å². The smallest absolute Gasteiger partial charge is 0.246 e. The highest BCUT2D eigenvalue weighted by molar-refractivity contribution is 5.95. The zero-order valence-electron chi connectivity index (χ0n) is 44.4. The summed E-state index contributed by atoms with van der Waals surface area (Å²) in [6, 6.07) is 8.09. The first kappa shape index (κ1) is 54.6. The minimum atomic E-state index is -0.648. The monoisotopic (exact) mass is 1020 g/mol. The van der Waals surface area contributed by atoms with Gasteiger partial charge in [-0.05, 0) is 164 Å². The summed E-state index contributed by atoms with van der Waals surface area (Å²) in [4.78, 5) is 86.3. The number of likely N-dealkylation sites (N-methyl/N-ethyl adjacent to an activating group) is 2. The predicted octanol–water partition coefficient (Wildman–Crippen LogP) is 5.46. The molecule has 6 amide bonds. The maximum atomic E-state index is 14.3. The number of ether oxygens (including phenoxy) is 2. The normalized spacial score (nSPS) is 23.6. The number of rotatable bonds is 18. The van der Waals surface area contributed by atoms with Crippen LogP contribution < -0.4 is 41.4 Å². The maximum Gasteiger partial charge on any atom is 0.246 e. The van der Waals surface area contributed by atoms with Gasteiger partial charge in [0.2, 0.25) is 35.4 Å². The Morgan fingerprint density at radius 1 is 0.541 bits per heavy atom. The molecule has 0 spiro atoms. The molecule has 8 atom stereocenters. The van der Waals surface area contributed by atoms with E-state index >= 15 is 0 Å². The van der Waals surface area contributed by atoms with Gasteiger partial charge in [-0.3, -0.25) is 28.8 Å². The van der Waals surface area contributed by atoms with Crippen LogP contribution in [-0.4, -0.2) is 122 Å². The Kier molecular flexibility index (Phi) is 19.3. The van der Waals surface area contributed by atoms with Gasteiger partial charge in [0, 0.05) is 13.1 Å². The van der Waals surface area contributed by atoms with E-state index in [4.69, 9.17) is 9.47 Å². The lowest BCUT2D eigenvalue weighted by Crippen LogP contribution is -2.58. The lowest BCUT2D eigenvalue weighted by atomic mass is 9.83. The summed E-state index contributed by atoms with van der Waals surface area (Å²) >= 11 is 0. The van der Waals surface area contributed by atoms with Crippen molar-refractivity contribution in [3.05, 3.63) is 58.7 Å². The molecule has 4 fully saturated rings. The van der Waals surface area contributed by atoms with Gasteiger partial charge in [-0.25, -0.2) is 0 Å². The molecule has 16 nitrogen and oxygen atoms in total. The third-order valence-corrected chi connectivity index (χ3v) is 17.0. The molecule has 2 aliphatic heterocycles. The number of amides is 6. The Labute approximate surface area is 438 Å². The molecule has 2 aromatic rings. The molecule has 4 aliphatic carbocycles. The lowest BCUT2D eigenvalue weighted by Gasteiger charge is -2.35. The Morgan fingerprint density at radius 2 is 0.946 bits per heavy atom. The molecule has 2 heterocycles. The van der Waals surface area contributed by atoms with Crippen LogP contribution in [0.2, 0.25) is 0 Å². The molecule has 16 heteroatoms. The first-order valence-corrected chi connectivity index (χ1v) is 28.1. The van der Waals surface area contributed by atoms with Crippen LogP contribution in [0.25, 0.3) is 0 Å². The molecule has 6 aliphatic rings. The quantitative estimate of drug-likeness (QED) is 0.104. The molecule has 0 radical (unpaired) electrons. The minimum Gasteiger partial charge on any atom is -0.481 e.